The van der Waals surface area contributed by atoms with Crippen LogP contribution in [0.25, 0.3) is 0 Å². The number of halogens is 2. The second-order valence-electron chi connectivity index (χ2n) is 4.88. The first-order valence-electron chi connectivity index (χ1n) is 6.53. The van der Waals surface area contributed by atoms with Gasteiger partial charge in [0.2, 0.25) is 5.91 Å². The summed E-state index contributed by atoms with van der Waals surface area (Å²) in [5, 5.41) is 11.4. The molecule has 0 radical (unpaired) electrons. The summed E-state index contributed by atoms with van der Waals surface area (Å²) in [5.41, 5.74) is 5.31. The molecule has 2 aromatic rings. The van der Waals surface area contributed by atoms with Crippen molar-refractivity contribution in [3.05, 3.63) is 68.5 Å². The number of primary amides is 1. The number of nitrogens with zero attached hydrogens (tertiary/aromatic N) is 2. The lowest BCUT2D eigenvalue weighted by molar-refractivity contribution is -0.384. The molecule has 0 atom stereocenters. The third-order valence-corrected chi connectivity index (χ3v) is 3.68. The lowest BCUT2D eigenvalue weighted by atomic mass is 10.1. The quantitative estimate of drug-likeness (QED) is 0.670. The predicted octanol–water partition coefficient (Wildman–Crippen LogP) is 3.12. The normalized spacial score (nSPS) is 10.4. The molecule has 0 heterocycles. The van der Waals surface area contributed by atoms with Crippen molar-refractivity contribution in [1.29, 1.82) is 0 Å². The van der Waals surface area contributed by atoms with Crippen LogP contribution in [0.4, 0.5) is 15.8 Å². The van der Waals surface area contributed by atoms with E-state index >= 15 is 0 Å². The molecule has 0 bridgehead atoms. The summed E-state index contributed by atoms with van der Waals surface area (Å²) >= 11 is 5.97. The molecule has 0 aliphatic rings. The number of carbonyl (C=O) groups excluding carboxylic acids is 1. The Morgan fingerprint density at radius 2 is 2.09 bits per heavy atom. The maximum atomic E-state index is 13.8. The van der Waals surface area contributed by atoms with Crippen LogP contribution in [0.5, 0.6) is 0 Å². The van der Waals surface area contributed by atoms with E-state index in [-0.39, 0.29) is 34.1 Å². The maximum absolute atomic E-state index is 13.8. The first-order chi connectivity index (χ1) is 10.8. The Kier molecular flexibility index (Phi) is 4.80. The van der Waals surface area contributed by atoms with E-state index in [1.807, 2.05) is 0 Å². The van der Waals surface area contributed by atoms with Crippen molar-refractivity contribution in [2.75, 3.05) is 11.9 Å². The molecular formula is C15H13ClFN3O3. The van der Waals surface area contributed by atoms with Crippen LogP contribution in [0.2, 0.25) is 5.02 Å². The van der Waals surface area contributed by atoms with Crippen LogP contribution < -0.4 is 10.6 Å². The van der Waals surface area contributed by atoms with Gasteiger partial charge in [0.15, 0.2) is 0 Å². The minimum atomic E-state index is -0.764. The fourth-order valence-electron chi connectivity index (χ4n) is 2.15. The highest BCUT2D eigenvalue weighted by atomic mass is 35.5. The molecule has 23 heavy (non-hydrogen) atoms. The van der Waals surface area contributed by atoms with Crippen LogP contribution >= 0.6 is 11.6 Å². The molecular weight excluding hydrogens is 325 g/mol. The SMILES string of the molecule is CN(Cc1c(F)cccc1Cl)c1ccc(C(N)=O)cc1[N+](=O)[O-]. The molecule has 1 amide bonds. The van der Waals surface area contributed by atoms with Crippen LogP contribution in [0.3, 0.4) is 0 Å². The van der Waals surface area contributed by atoms with Crippen LogP contribution in [-0.2, 0) is 6.54 Å². The van der Waals surface area contributed by atoms with Crippen molar-refractivity contribution in [1.82, 2.24) is 0 Å². The summed E-state index contributed by atoms with van der Waals surface area (Å²) in [6.45, 7) is 0.0300. The minimum Gasteiger partial charge on any atom is -0.366 e. The lowest BCUT2D eigenvalue weighted by Crippen LogP contribution is -2.19. The van der Waals surface area contributed by atoms with E-state index in [0.29, 0.717) is 0 Å². The van der Waals surface area contributed by atoms with Gasteiger partial charge >= 0.3 is 0 Å². The Labute approximate surface area is 136 Å². The summed E-state index contributed by atoms with van der Waals surface area (Å²) < 4.78 is 13.8. The van der Waals surface area contributed by atoms with Gasteiger partial charge in [-0.05, 0) is 24.3 Å². The van der Waals surface area contributed by atoms with Crippen LogP contribution in [0.15, 0.2) is 36.4 Å². The number of hydrogen-bond acceptors (Lipinski definition) is 4. The number of benzene rings is 2. The summed E-state index contributed by atoms with van der Waals surface area (Å²) in [4.78, 5) is 23.2. The van der Waals surface area contributed by atoms with E-state index in [2.05, 4.69) is 0 Å². The number of carbonyl (C=O) groups is 1. The predicted molar refractivity (Wildman–Crippen MR) is 85.1 cm³/mol. The molecule has 2 rings (SSSR count). The number of nitro benzene ring substituents is 1. The molecule has 0 unspecified atom stereocenters. The van der Waals surface area contributed by atoms with Crippen molar-refractivity contribution in [2.24, 2.45) is 5.73 Å². The van der Waals surface area contributed by atoms with Gasteiger partial charge in [0, 0.05) is 35.8 Å². The van der Waals surface area contributed by atoms with Crippen LogP contribution in [0.1, 0.15) is 15.9 Å². The molecule has 0 aromatic heterocycles. The molecule has 0 spiro atoms. The van der Waals surface area contributed by atoms with Gasteiger partial charge in [0.1, 0.15) is 11.5 Å². The number of anilines is 1. The third-order valence-electron chi connectivity index (χ3n) is 3.32. The standard InChI is InChI=1S/C15H13ClFN3O3/c1-19(8-10-11(16)3-2-4-12(10)17)13-6-5-9(15(18)21)7-14(13)20(22)23/h2-7H,8H2,1H3,(H2,18,21). The Morgan fingerprint density at radius 1 is 1.39 bits per heavy atom. The van der Waals surface area contributed by atoms with Gasteiger partial charge in [-0.15, -0.1) is 0 Å². The van der Waals surface area contributed by atoms with Gasteiger partial charge in [-0.25, -0.2) is 4.39 Å². The second-order valence-corrected chi connectivity index (χ2v) is 5.29. The zero-order valence-corrected chi connectivity index (χ0v) is 12.9. The molecule has 6 nitrogen and oxygen atoms in total. The molecule has 2 aromatic carbocycles. The molecule has 2 N–H and O–H groups in total. The Balaban J connectivity index is 2.41. The number of nitrogens with two attached hydrogens (primary N) is 1. The summed E-state index contributed by atoms with van der Waals surface area (Å²) in [6, 6.07) is 8.15. The maximum Gasteiger partial charge on any atom is 0.293 e. The van der Waals surface area contributed by atoms with E-state index in [9.17, 15) is 19.3 Å². The Hall–Kier alpha value is -2.67. The third kappa shape index (κ3) is 3.57. The van der Waals surface area contributed by atoms with Gasteiger partial charge < -0.3 is 10.6 Å². The van der Waals surface area contributed by atoms with Gasteiger partial charge in [-0.3, -0.25) is 14.9 Å². The van der Waals surface area contributed by atoms with Crippen molar-refractivity contribution < 1.29 is 14.1 Å². The highest BCUT2D eigenvalue weighted by Crippen LogP contribution is 2.31. The summed E-state index contributed by atoms with van der Waals surface area (Å²) in [5.74, 6) is -1.26. The summed E-state index contributed by atoms with van der Waals surface area (Å²) in [6.07, 6.45) is 0. The van der Waals surface area contributed by atoms with Gasteiger partial charge in [0.05, 0.1) is 4.92 Å². The van der Waals surface area contributed by atoms with Gasteiger partial charge in [-0.2, -0.15) is 0 Å². The largest absolute Gasteiger partial charge is 0.366 e. The zero-order chi connectivity index (χ0) is 17.1. The van der Waals surface area contributed by atoms with E-state index < -0.39 is 16.6 Å². The smallest absolute Gasteiger partial charge is 0.293 e. The zero-order valence-electron chi connectivity index (χ0n) is 12.1. The van der Waals surface area contributed by atoms with E-state index in [0.717, 1.165) is 6.07 Å². The first kappa shape index (κ1) is 16.7. The Morgan fingerprint density at radius 3 is 2.65 bits per heavy atom. The van der Waals surface area contributed by atoms with Crippen molar-refractivity contribution in [2.45, 2.75) is 6.54 Å². The van der Waals surface area contributed by atoms with Crippen molar-refractivity contribution in [3.8, 4) is 0 Å². The van der Waals surface area contributed by atoms with Crippen molar-refractivity contribution in [3.63, 3.8) is 0 Å². The van der Waals surface area contributed by atoms with E-state index in [4.69, 9.17) is 17.3 Å². The highest BCUT2D eigenvalue weighted by molar-refractivity contribution is 6.31. The van der Waals surface area contributed by atoms with Crippen molar-refractivity contribution >= 4 is 28.9 Å². The van der Waals surface area contributed by atoms with Gasteiger partial charge in [0.25, 0.3) is 5.69 Å². The number of amides is 1. The van der Waals surface area contributed by atoms with Crippen LogP contribution in [0, 0.1) is 15.9 Å². The lowest BCUT2D eigenvalue weighted by Gasteiger charge is -2.20. The molecule has 8 heteroatoms. The van der Waals surface area contributed by atoms with Crippen LogP contribution in [-0.4, -0.2) is 17.9 Å². The van der Waals surface area contributed by atoms with Gasteiger partial charge in [-0.1, -0.05) is 17.7 Å². The number of hydrogen-bond donors (Lipinski definition) is 1. The molecule has 0 aliphatic carbocycles. The molecule has 0 saturated carbocycles. The average Bonchev–Trinajstić information content (AvgIpc) is 2.50. The minimum absolute atomic E-state index is 0.0257. The fraction of sp³-hybridized carbons (Fsp3) is 0.133. The number of nitro groups is 1. The van der Waals surface area contributed by atoms with E-state index in [1.165, 1.54) is 29.2 Å². The monoisotopic (exact) mass is 337 g/mol. The molecule has 0 aliphatic heterocycles. The summed E-state index contributed by atoms with van der Waals surface area (Å²) in [7, 11) is 1.56. The van der Waals surface area contributed by atoms with E-state index in [1.54, 1.807) is 13.1 Å². The highest BCUT2D eigenvalue weighted by Gasteiger charge is 2.21. The molecule has 0 fully saturated rings. The molecule has 120 valence electrons. The Bertz CT molecular complexity index is 762. The average molecular weight is 338 g/mol. The topological polar surface area (TPSA) is 89.5 Å². The first-order valence-corrected chi connectivity index (χ1v) is 6.91. The number of rotatable bonds is 5. The molecule has 0 saturated heterocycles. The second kappa shape index (κ2) is 6.62. The fourth-order valence-corrected chi connectivity index (χ4v) is 2.37.